The van der Waals surface area contributed by atoms with Crippen molar-refractivity contribution in [2.75, 3.05) is 0 Å². The molecule has 102 valence electrons. The standard InChI is InChI=1S/C15H22F2O/c1-4-6-11(7-5-2)15(18)12-8-10(3)13(16)9-14(12)17/h8-9,11,15,18H,4-7H2,1-3H3. The summed E-state index contributed by atoms with van der Waals surface area (Å²) in [7, 11) is 0. The maximum atomic E-state index is 13.7. The number of halogens is 2. The van der Waals surface area contributed by atoms with E-state index in [9.17, 15) is 13.9 Å². The highest BCUT2D eigenvalue weighted by Crippen LogP contribution is 2.32. The fourth-order valence-corrected chi connectivity index (χ4v) is 2.36. The Kier molecular flexibility index (Phi) is 5.73. The zero-order valence-electron chi connectivity index (χ0n) is 11.3. The minimum absolute atomic E-state index is 0.0411. The van der Waals surface area contributed by atoms with Crippen LogP contribution in [-0.4, -0.2) is 5.11 Å². The first kappa shape index (κ1) is 15.1. The number of aliphatic hydroxyl groups excluding tert-OH is 1. The van der Waals surface area contributed by atoms with Crippen LogP contribution in [0.4, 0.5) is 8.78 Å². The van der Waals surface area contributed by atoms with E-state index in [1.54, 1.807) is 6.92 Å². The van der Waals surface area contributed by atoms with Crippen molar-refractivity contribution < 1.29 is 13.9 Å². The van der Waals surface area contributed by atoms with E-state index >= 15 is 0 Å². The number of benzene rings is 1. The van der Waals surface area contributed by atoms with E-state index in [2.05, 4.69) is 0 Å². The third kappa shape index (κ3) is 3.52. The summed E-state index contributed by atoms with van der Waals surface area (Å²) in [6.45, 7) is 5.67. The Hall–Kier alpha value is -0.960. The first-order chi connectivity index (χ1) is 8.51. The Morgan fingerprint density at radius 3 is 2.11 bits per heavy atom. The highest BCUT2D eigenvalue weighted by molar-refractivity contribution is 5.27. The monoisotopic (exact) mass is 256 g/mol. The summed E-state index contributed by atoms with van der Waals surface area (Å²) in [4.78, 5) is 0. The molecular formula is C15H22F2O. The molecule has 1 N–H and O–H groups in total. The topological polar surface area (TPSA) is 20.2 Å². The Labute approximate surface area is 108 Å². The van der Waals surface area contributed by atoms with Crippen LogP contribution >= 0.6 is 0 Å². The second-order valence-electron chi connectivity index (χ2n) is 4.91. The highest BCUT2D eigenvalue weighted by Gasteiger charge is 2.23. The molecule has 1 aromatic rings. The van der Waals surface area contributed by atoms with E-state index in [-0.39, 0.29) is 11.5 Å². The van der Waals surface area contributed by atoms with Crippen LogP contribution < -0.4 is 0 Å². The molecule has 0 spiro atoms. The Morgan fingerprint density at radius 1 is 1.06 bits per heavy atom. The van der Waals surface area contributed by atoms with Crippen LogP contribution in [0, 0.1) is 24.5 Å². The minimum Gasteiger partial charge on any atom is -0.388 e. The Bertz CT molecular complexity index is 384. The van der Waals surface area contributed by atoms with Crippen LogP contribution in [0.1, 0.15) is 56.8 Å². The number of aryl methyl sites for hydroxylation is 1. The minimum atomic E-state index is -0.843. The van der Waals surface area contributed by atoms with Gasteiger partial charge in [0.05, 0.1) is 6.10 Å². The molecule has 0 saturated carbocycles. The smallest absolute Gasteiger partial charge is 0.131 e. The highest BCUT2D eigenvalue weighted by atomic mass is 19.1. The second-order valence-corrected chi connectivity index (χ2v) is 4.91. The molecule has 1 rings (SSSR count). The van der Waals surface area contributed by atoms with E-state index in [1.807, 2.05) is 13.8 Å². The van der Waals surface area contributed by atoms with E-state index in [1.165, 1.54) is 6.07 Å². The van der Waals surface area contributed by atoms with Crippen molar-refractivity contribution >= 4 is 0 Å². The van der Waals surface area contributed by atoms with Crippen LogP contribution in [0.25, 0.3) is 0 Å². The van der Waals surface area contributed by atoms with Gasteiger partial charge in [0.1, 0.15) is 11.6 Å². The molecule has 0 amide bonds. The molecule has 1 atom stereocenters. The number of aliphatic hydroxyl groups is 1. The molecule has 0 saturated heterocycles. The van der Waals surface area contributed by atoms with Gasteiger partial charge in [0.15, 0.2) is 0 Å². The van der Waals surface area contributed by atoms with Crippen LogP contribution in [0.2, 0.25) is 0 Å². The Morgan fingerprint density at radius 2 is 1.61 bits per heavy atom. The van der Waals surface area contributed by atoms with E-state index < -0.39 is 17.7 Å². The lowest BCUT2D eigenvalue weighted by atomic mass is 9.87. The van der Waals surface area contributed by atoms with Gasteiger partial charge >= 0.3 is 0 Å². The molecule has 0 aliphatic rings. The van der Waals surface area contributed by atoms with Crippen molar-refractivity contribution in [3.63, 3.8) is 0 Å². The first-order valence-electron chi connectivity index (χ1n) is 6.64. The molecule has 18 heavy (non-hydrogen) atoms. The maximum absolute atomic E-state index is 13.7. The molecule has 1 unspecified atom stereocenters. The third-order valence-corrected chi connectivity index (χ3v) is 3.36. The molecule has 0 aliphatic carbocycles. The second kappa shape index (κ2) is 6.83. The van der Waals surface area contributed by atoms with Gasteiger partial charge in [0.2, 0.25) is 0 Å². The molecule has 0 aromatic heterocycles. The van der Waals surface area contributed by atoms with Gasteiger partial charge in [-0.1, -0.05) is 26.7 Å². The maximum Gasteiger partial charge on any atom is 0.131 e. The van der Waals surface area contributed by atoms with Gasteiger partial charge in [-0.2, -0.15) is 0 Å². The van der Waals surface area contributed by atoms with Crippen LogP contribution in [0.5, 0.6) is 0 Å². The lowest BCUT2D eigenvalue weighted by Crippen LogP contribution is -2.14. The average Bonchev–Trinajstić information content (AvgIpc) is 2.33. The summed E-state index contributed by atoms with van der Waals surface area (Å²) in [6, 6.07) is 2.29. The van der Waals surface area contributed by atoms with Crippen molar-refractivity contribution in [3.05, 3.63) is 34.9 Å². The molecular weight excluding hydrogens is 234 g/mol. The summed E-state index contributed by atoms with van der Waals surface area (Å²) < 4.78 is 26.9. The lowest BCUT2D eigenvalue weighted by Gasteiger charge is -2.23. The molecule has 0 radical (unpaired) electrons. The van der Waals surface area contributed by atoms with E-state index in [0.29, 0.717) is 5.56 Å². The predicted octanol–water partition coefficient (Wildman–Crippen LogP) is 4.52. The summed E-state index contributed by atoms with van der Waals surface area (Å²) in [6.07, 6.45) is 2.76. The summed E-state index contributed by atoms with van der Waals surface area (Å²) in [5.74, 6) is -1.17. The SMILES string of the molecule is CCCC(CCC)C(O)c1cc(C)c(F)cc1F. The summed E-state index contributed by atoms with van der Waals surface area (Å²) in [5.41, 5.74) is 0.595. The van der Waals surface area contributed by atoms with Crippen molar-refractivity contribution in [2.45, 2.75) is 52.6 Å². The van der Waals surface area contributed by atoms with Gasteiger partial charge in [-0.15, -0.1) is 0 Å². The average molecular weight is 256 g/mol. The summed E-state index contributed by atoms with van der Waals surface area (Å²) in [5, 5.41) is 10.3. The van der Waals surface area contributed by atoms with Crippen molar-refractivity contribution in [3.8, 4) is 0 Å². The zero-order valence-corrected chi connectivity index (χ0v) is 11.3. The van der Waals surface area contributed by atoms with E-state index in [4.69, 9.17) is 0 Å². The first-order valence-corrected chi connectivity index (χ1v) is 6.64. The van der Waals surface area contributed by atoms with Gasteiger partial charge in [0, 0.05) is 11.6 Å². The summed E-state index contributed by atoms with van der Waals surface area (Å²) >= 11 is 0. The fraction of sp³-hybridized carbons (Fsp3) is 0.600. The molecule has 0 heterocycles. The predicted molar refractivity (Wildman–Crippen MR) is 69.4 cm³/mol. The van der Waals surface area contributed by atoms with Gasteiger partial charge in [0.25, 0.3) is 0 Å². The van der Waals surface area contributed by atoms with Gasteiger partial charge in [-0.3, -0.25) is 0 Å². The zero-order chi connectivity index (χ0) is 13.7. The van der Waals surface area contributed by atoms with Crippen molar-refractivity contribution in [1.82, 2.24) is 0 Å². The van der Waals surface area contributed by atoms with Crippen molar-refractivity contribution in [2.24, 2.45) is 5.92 Å². The van der Waals surface area contributed by atoms with E-state index in [0.717, 1.165) is 31.7 Å². The molecule has 1 aromatic carbocycles. The molecule has 3 heteroatoms. The largest absolute Gasteiger partial charge is 0.388 e. The Balaban J connectivity index is 3.00. The third-order valence-electron chi connectivity index (χ3n) is 3.36. The van der Waals surface area contributed by atoms with Crippen LogP contribution in [0.15, 0.2) is 12.1 Å². The van der Waals surface area contributed by atoms with Crippen molar-refractivity contribution in [1.29, 1.82) is 0 Å². The lowest BCUT2D eigenvalue weighted by molar-refractivity contribution is 0.0928. The van der Waals surface area contributed by atoms with Gasteiger partial charge < -0.3 is 5.11 Å². The quantitative estimate of drug-likeness (QED) is 0.793. The number of hydrogen-bond acceptors (Lipinski definition) is 1. The van der Waals surface area contributed by atoms with Gasteiger partial charge in [-0.25, -0.2) is 8.78 Å². The van der Waals surface area contributed by atoms with Crippen LogP contribution in [0.3, 0.4) is 0 Å². The number of hydrogen-bond donors (Lipinski definition) is 1. The number of rotatable bonds is 6. The fourth-order valence-electron chi connectivity index (χ4n) is 2.36. The molecule has 0 bridgehead atoms. The molecule has 0 fully saturated rings. The molecule has 1 nitrogen and oxygen atoms in total. The van der Waals surface area contributed by atoms with Gasteiger partial charge in [-0.05, 0) is 37.3 Å². The molecule has 0 aliphatic heterocycles. The van der Waals surface area contributed by atoms with Crippen LogP contribution in [-0.2, 0) is 0 Å². The normalized spacial score (nSPS) is 13.1.